The van der Waals surface area contributed by atoms with Crippen LogP contribution in [0.1, 0.15) is 24.6 Å². The van der Waals surface area contributed by atoms with Crippen LogP contribution in [0.3, 0.4) is 0 Å². The normalized spacial score (nSPS) is 17.1. The van der Waals surface area contributed by atoms with Gasteiger partial charge >= 0.3 is 0 Å². The average molecular weight is 392 g/mol. The molecule has 0 spiro atoms. The predicted octanol–water partition coefficient (Wildman–Crippen LogP) is 4.45. The second-order valence-electron chi connectivity index (χ2n) is 7.68. The third kappa shape index (κ3) is 5.05. The van der Waals surface area contributed by atoms with Crippen LogP contribution in [0.25, 0.3) is 11.5 Å². The van der Waals surface area contributed by atoms with E-state index in [1.54, 1.807) is 6.26 Å². The molecular formula is C24H29N3O2. The van der Waals surface area contributed by atoms with Gasteiger partial charge in [-0.2, -0.15) is 0 Å². The number of hydrogen-bond acceptors (Lipinski definition) is 5. The van der Waals surface area contributed by atoms with Crippen molar-refractivity contribution in [2.24, 2.45) is 0 Å². The fourth-order valence-electron chi connectivity index (χ4n) is 3.94. The van der Waals surface area contributed by atoms with Gasteiger partial charge in [0.05, 0.1) is 12.3 Å². The molecule has 2 heterocycles. The molecule has 0 radical (unpaired) electrons. The summed E-state index contributed by atoms with van der Waals surface area (Å²) >= 11 is 0. The van der Waals surface area contributed by atoms with Gasteiger partial charge in [0.2, 0.25) is 5.89 Å². The maximum atomic E-state index is 5.74. The van der Waals surface area contributed by atoms with Crippen molar-refractivity contribution < 1.29 is 9.15 Å². The number of likely N-dealkylation sites (N-methyl/N-ethyl adjacent to an activating group) is 1. The van der Waals surface area contributed by atoms with Crippen LogP contribution in [0.15, 0.2) is 65.3 Å². The second kappa shape index (κ2) is 9.25. The fraction of sp³-hybridized carbons (Fsp3) is 0.375. The summed E-state index contributed by atoms with van der Waals surface area (Å²) < 4.78 is 11.3. The molecular weight excluding hydrogens is 362 g/mol. The number of aromatic nitrogens is 1. The summed E-state index contributed by atoms with van der Waals surface area (Å²) in [4.78, 5) is 9.63. The van der Waals surface area contributed by atoms with Crippen molar-refractivity contribution in [2.75, 3.05) is 26.7 Å². The van der Waals surface area contributed by atoms with E-state index in [2.05, 4.69) is 47.2 Å². The van der Waals surface area contributed by atoms with Crippen LogP contribution < -0.4 is 4.74 Å². The maximum absolute atomic E-state index is 5.74. The van der Waals surface area contributed by atoms with Crippen molar-refractivity contribution in [1.82, 2.24) is 14.8 Å². The molecule has 1 fully saturated rings. The van der Waals surface area contributed by atoms with Crippen LogP contribution in [0, 0.1) is 0 Å². The van der Waals surface area contributed by atoms with Gasteiger partial charge in [0.15, 0.2) is 0 Å². The first-order chi connectivity index (χ1) is 14.2. The zero-order valence-electron chi connectivity index (χ0n) is 17.3. The van der Waals surface area contributed by atoms with Crippen molar-refractivity contribution in [1.29, 1.82) is 0 Å². The minimum absolute atomic E-state index is 0.542. The number of hydrogen-bond donors (Lipinski definition) is 0. The Balaban J connectivity index is 1.33. The summed E-state index contributed by atoms with van der Waals surface area (Å²) in [5.41, 5.74) is 3.29. The van der Waals surface area contributed by atoms with Crippen molar-refractivity contribution >= 4 is 0 Å². The van der Waals surface area contributed by atoms with Gasteiger partial charge in [0, 0.05) is 37.8 Å². The van der Waals surface area contributed by atoms with Crippen molar-refractivity contribution in [3.8, 4) is 17.2 Å². The smallest absolute Gasteiger partial charge is 0.226 e. The number of nitrogens with zero attached hydrogens (tertiary/aromatic N) is 3. The number of rotatable bonds is 8. The third-order valence-corrected chi connectivity index (χ3v) is 5.47. The molecule has 3 aromatic rings. The first-order valence-corrected chi connectivity index (χ1v) is 10.4. The third-order valence-electron chi connectivity index (χ3n) is 5.47. The molecule has 0 amide bonds. The highest BCUT2D eigenvalue weighted by molar-refractivity contribution is 5.56. The van der Waals surface area contributed by atoms with Crippen LogP contribution >= 0.6 is 0 Å². The molecule has 1 atom stereocenters. The lowest BCUT2D eigenvalue weighted by atomic mass is 10.2. The quantitative estimate of drug-likeness (QED) is 0.568. The van der Waals surface area contributed by atoms with Crippen LogP contribution in [0.5, 0.6) is 5.75 Å². The molecule has 1 aromatic heterocycles. The van der Waals surface area contributed by atoms with Gasteiger partial charge in [-0.25, -0.2) is 4.98 Å². The Labute approximate surface area is 172 Å². The molecule has 0 N–H and O–H groups in total. The fourth-order valence-corrected chi connectivity index (χ4v) is 3.94. The molecule has 0 bridgehead atoms. The SMILES string of the molecule is CCOc1cccc(-c2nc(CN(C)C3CCN(Cc4ccccc4)C3)co2)c1. The van der Waals surface area contributed by atoms with E-state index in [1.165, 1.54) is 12.0 Å². The van der Waals surface area contributed by atoms with Gasteiger partial charge in [-0.15, -0.1) is 0 Å². The standard InChI is InChI=1S/C24H29N3O2/c1-3-28-23-11-7-10-20(14-23)24-25-21(18-29-24)16-26(2)22-12-13-27(17-22)15-19-8-5-4-6-9-19/h4-11,14,18,22H,3,12-13,15-17H2,1-2H3. The molecule has 4 rings (SSSR count). The Bertz CT molecular complexity index is 909. The van der Waals surface area contributed by atoms with E-state index in [4.69, 9.17) is 14.1 Å². The average Bonchev–Trinajstić information content (AvgIpc) is 3.39. The van der Waals surface area contributed by atoms with Crippen LogP contribution in [-0.4, -0.2) is 47.6 Å². The Morgan fingerprint density at radius 3 is 2.86 bits per heavy atom. The largest absolute Gasteiger partial charge is 0.494 e. The van der Waals surface area contributed by atoms with Gasteiger partial charge in [0.1, 0.15) is 12.0 Å². The van der Waals surface area contributed by atoms with Crippen LogP contribution in [0.2, 0.25) is 0 Å². The predicted molar refractivity (Wildman–Crippen MR) is 115 cm³/mol. The minimum atomic E-state index is 0.542. The molecule has 0 saturated carbocycles. The van der Waals surface area contributed by atoms with E-state index < -0.39 is 0 Å². The first kappa shape index (κ1) is 19.7. The highest BCUT2D eigenvalue weighted by atomic mass is 16.5. The molecule has 1 aliphatic rings. The summed E-state index contributed by atoms with van der Waals surface area (Å²) in [6, 6.07) is 19.1. The lowest BCUT2D eigenvalue weighted by molar-refractivity contribution is 0.220. The van der Waals surface area contributed by atoms with Gasteiger partial charge < -0.3 is 9.15 Å². The van der Waals surface area contributed by atoms with Crippen molar-refractivity contribution in [3.05, 3.63) is 72.1 Å². The van der Waals surface area contributed by atoms with E-state index in [0.29, 0.717) is 18.5 Å². The van der Waals surface area contributed by atoms with E-state index in [0.717, 1.165) is 43.2 Å². The summed E-state index contributed by atoms with van der Waals surface area (Å²) in [7, 11) is 2.18. The summed E-state index contributed by atoms with van der Waals surface area (Å²) in [5.74, 6) is 1.48. The molecule has 2 aromatic carbocycles. The van der Waals surface area contributed by atoms with Crippen molar-refractivity contribution in [2.45, 2.75) is 32.5 Å². The van der Waals surface area contributed by atoms with E-state index in [9.17, 15) is 0 Å². The zero-order chi connectivity index (χ0) is 20.1. The van der Waals surface area contributed by atoms with Crippen LogP contribution in [-0.2, 0) is 13.1 Å². The topological polar surface area (TPSA) is 41.7 Å². The summed E-state index contributed by atoms with van der Waals surface area (Å²) in [6.07, 6.45) is 2.96. The summed E-state index contributed by atoms with van der Waals surface area (Å²) in [6.45, 7) is 6.67. The van der Waals surface area contributed by atoms with Crippen molar-refractivity contribution in [3.63, 3.8) is 0 Å². The molecule has 1 unspecified atom stereocenters. The molecule has 152 valence electrons. The van der Waals surface area contributed by atoms with E-state index in [1.807, 2.05) is 31.2 Å². The van der Waals surface area contributed by atoms with Gasteiger partial charge in [-0.3, -0.25) is 9.80 Å². The number of benzene rings is 2. The van der Waals surface area contributed by atoms with Gasteiger partial charge in [-0.1, -0.05) is 36.4 Å². The number of oxazole rings is 1. The summed E-state index contributed by atoms with van der Waals surface area (Å²) in [5, 5.41) is 0. The maximum Gasteiger partial charge on any atom is 0.226 e. The molecule has 5 nitrogen and oxygen atoms in total. The lowest BCUT2D eigenvalue weighted by Gasteiger charge is -2.23. The van der Waals surface area contributed by atoms with E-state index >= 15 is 0 Å². The first-order valence-electron chi connectivity index (χ1n) is 10.4. The Morgan fingerprint density at radius 2 is 2.03 bits per heavy atom. The highest BCUT2D eigenvalue weighted by Crippen LogP contribution is 2.24. The lowest BCUT2D eigenvalue weighted by Crippen LogP contribution is -2.34. The molecule has 0 aliphatic carbocycles. The van der Waals surface area contributed by atoms with E-state index in [-0.39, 0.29) is 0 Å². The molecule has 1 aliphatic heterocycles. The monoisotopic (exact) mass is 391 g/mol. The van der Waals surface area contributed by atoms with Gasteiger partial charge in [-0.05, 0) is 44.2 Å². The number of likely N-dealkylation sites (tertiary alicyclic amines) is 1. The zero-order valence-corrected chi connectivity index (χ0v) is 17.3. The Kier molecular flexibility index (Phi) is 6.27. The van der Waals surface area contributed by atoms with Gasteiger partial charge in [0.25, 0.3) is 0 Å². The molecule has 1 saturated heterocycles. The molecule has 29 heavy (non-hydrogen) atoms. The second-order valence-corrected chi connectivity index (χ2v) is 7.68. The molecule has 5 heteroatoms. The number of ether oxygens (including phenoxy) is 1. The highest BCUT2D eigenvalue weighted by Gasteiger charge is 2.26. The van der Waals surface area contributed by atoms with Crippen LogP contribution in [0.4, 0.5) is 0 Å². The minimum Gasteiger partial charge on any atom is -0.494 e. The Morgan fingerprint density at radius 1 is 1.17 bits per heavy atom. The Hall–Kier alpha value is -2.63.